The number of nitrogens with zero attached hydrogens (tertiary/aromatic N) is 1. The Morgan fingerprint density at radius 1 is 1.45 bits per heavy atom. The van der Waals surface area contributed by atoms with E-state index >= 15 is 0 Å². The number of amides is 2. The predicted molar refractivity (Wildman–Crippen MR) is 73.5 cm³/mol. The Labute approximate surface area is 118 Å². The fourth-order valence-corrected chi connectivity index (χ4v) is 2.31. The van der Waals surface area contributed by atoms with Crippen molar-refractivity contribution in [3.05, 3.63) is 29.8 Å². The third kappa shape index (κ3) is 2.76. The molecule has 0 N–H and O–H groups in total. The monoisotopic (exact) mass is 277 g/mol. The summed E-state index contributed by atoms with van der Waals surface area (Å²) in [5.41, 5.74) is 0.766. The van der Waals surface area contributed by atoms with E-state index in [1.54, 1.807) is 13.2 Å². The molecule has 1 fully saturated rings. The molecule has 0 spiro atoms. The molecule has 108 valence electrons. The molecular formula is C15H19NO4. The number of benzene rings is 1. The number of hydrogen-bond acceptors (Lipinski definition) is 4. The Hall–Kier alpha value is -2.04. The second-order valence-electron chi connectivity index (χ2n) is 5.14. The van der Waals surface area contributed by atoms with Crippen LogP contribution >= 0.6 is 0 Å². The van der Waals surface area contributed by atoms with Crippen LogP contribution in [0.1, 0.15) is 19.4 Å². The highest BCUT2D eigenvalue weighted by Crippen LogP contribution is 2.23. The second kappa shape index (κ2) is 5.94. The van der Waals surface area contributed by atoms with Gasteiger partial charge in [-0.1, -0.05) is 32.0 Å². The molecule has 1 aliphatic heterocycles. The molecule has 1 atom stereocenters. The molecule has 1 unspecified atom stereocenters. The Morgan fingerprint density at radius 3 is 2.80 bits per heavy atom. The van der Waals surface area contributed by atoms with Crippen molar-refractivity contribution in [1.29, 1.82) is 0 Å². The van der Waals surface area contributed by atoms with Crippen LogP contribution < -0.4 is 4.74 Å². The first-order chi connectivity index (χ1) is 9.54. The average molecular weight is 277 g/mol. The van der Waals surface area contributed by atoms with Crippen LogP contribution in [0.15, 0.2) is 24.3 Å². The maximum Gasteiger partial charge on any atom is 0.416 e. The van der Waals surface area contributed by atoms with Crippen LogP contribution in [0.2, 0.25) is 0 Å². The minimum Gasteiger partial charge on any atom is -0.496 e. The molecule has 2 rings (SSSR count). The lowest BCUT2D eigenvalue weighted by molar-refractivity contribution is -0.129. The molecule has 0 bridgehead atoms. The lowest BCUT2D eigenvalue weighted by atomic mass is 10.0. The van der Waals surface area contributed by atoms with Gasteiger partial charge in [0.2, 0.25) is 5.91 Å². The van der Waals surface area contributed by atoms with Crippen molar-refractivity contribution in [2.24, 2.45) is 5.92 Å². The summed E-state index contributed by atoms with van der Waals surface area (Å²) in [4.78, 5) is 25.3. The summed E-state index contributed by atoms with van der Waals surface area (Å²) in [6.45, 7) is 4.21. The van der Waals surface area contributed by atoms with Gasteiger partial charge < -0.3 is 9.47 Å². The zero-order chi connectivity index (χ0) is 14.7. The van der Waals surface area contributed by atoms with Crippen LogP contribution in [-0.4, -0.2) is 36.7 Å². The summed E-state index contributed by atoms with van der Waals surface area (Å²) < 4.78 is 10.2. The molecule has 0 aliphatic carbocycles. The molecule has 2 amide bonds. The zero-order valence-electron chi connectivity index (χ0n) is 12.0. The molecule has 1 aromatic rings. The third-order valence-corrected chi connectivity index (χ3v) is 3.48. The quantitative estimate of drug-likeness (QED) is 0.847. The first-order valence-electron chi connectivity index (χ1n) is 6.65. The van der Waals surface area contributed by atoms with Crippen molar-refractivity contribution in [2.75, 3.05) is 13.7 Å². The van der Waals surface area contributed by atoms with Gasteiger partial charge in [0.15, 0.2) is 0 Å². The van der Waals surface area contributed by atoms with Gasteiger partial charge in [0.05, 0.1) is 19.6 Å². The Kier molecular flexibility index (Phi) is 4.27. The number of methoxy groups -OCH3 is 1. The maximum atomic E-state index is 12.4. The second-order valence-corrected chi connectivity index (χ2v) is 5.14. The summed E-state index contributed by atoms with van der Waals surface area (Å²) in [5, 5.41) is 0. The fraction of sp³-hybridized carbons (Fsp3) is 0.467. The molecule has 0 aromatic heterocycles. The van der Waals surface area contributed by atoms with Gasteiger partial charge in [-0.3, -0.25) is 4.79 Å². The van der Waals surface area contributed by atoms with Crippen molar-refractivity contribution in [3.8, 4) is 5.75 Å². The Balaban J connectivity index is 2.16. The summed E-state index contributed by atoms with van der Waals surface area (Å²) in [6, 6.07) is 7.11. The van der Waals surface area contributed by atoms with E-state index in [4.69, 9.17) is 9.47 Å². The van der Waals surface area contributed by atoms with Crippen LogP contribution in [0.4, 0.5) is 4.79 Å². The summed E-state index contributed by atoms with van der Waals surface area (Å²) in [6.07, 6.45) is -0.425. The Morgan fingerprint density at radius 2 is 2.15 bits per heavy atom. The average Bonchev–Trinajstić information content (AvgIpc) is 2.81. The first kappa shape index (κ1) is 14.4. The third-order valence-electron chi connectivity index (χ3n) is 3.48. The van der Waals surface area contributed by atoms with E-state index in [1.165, 1.54) is 4.90 Å². The molecule has 1 heterocycles. The highest BCUT2D eigenvalue weighted by molar-refractivity contribution is 5.94. The Bertz CT molecular complexity index is 512. The largest absolute Gasteiger partial charge is 0.496 e. The minimum absolute atomic E-state index is 0.127. The van der Waals surface area contributed by atoms with Gasteiger partial charge in [-0.2, -0.15) is 0 Å². The standard InChI is InChI=1S/C15H19NO4/c1-10(2)12-9-20-15(18)16(12)14(17)8-11-6-4-5-7-13(11)19-3/h4-7,10,12H,8-9H2,1-3H3. The maximum absolute atomic E-state index is 12.4. The molecule has 5 heteroatoms. The highest BCUT2D eigenvalue weighted by Gasteiger charge is 2.39. The van der Waals surface area contributed by atoms with Gasteiger partial charge in [0, 0.05) is 5.56 Å². The SMILES string of the molecule is COc1ccccc1CC(=O)N1C(=O)OCC1C(C)C. The lowest BCUT2D eigenvalue weighted by Gasteiger charge is -2.22. The van der Waals surface area contributed by atoms with E-state index in [-0.39, 0.29) is 30.9 Å². The summed E-state index contributed by atoms with van der Waals surface area (Å²) >= 11 is 0. The van der Waals surface area contributed by atoms with Crippen LogP contribution in [0, 0.1) is 5.92 Å². The molecular weight excluding hydrogens is 258 g/mol. The minimum atomic E-state index is -0.552. The lowest BCUT2D eigenvalue weighted by Crippen LogP contribution is -2.42. The number of para-hydroxylation sites is 1. The molecule has 1 aromatic carbocycles. The van der Waals surface area contributed by atoms with Crippen molar-refractivity contribution in [2.45, 2.75) is 26.3 Å². The van der Waals surface area contributed by atoms with Crippen LogP contribution in [0.3, 0.4) is 0 Å². The fourth-order valence-electron chi connectivity index (χ4n) is 2.31. The van der Waals surface area contributed by atoms with E-state index in [1.807, 2.05) is 32.0 Å². The predicted octanol–water partition coefficient (Wildman–Crippen LogP) is 2.24. The molecule has 1 saturated heterocycles. The number of carbonyl (C=O) groups is 2. The number of cyclic esters (lactones) is 1. The van der Waals surface area contributed by atoms with E-state index < -0.39 is 6.09 Å². The van der Waals surface area contributed by atoms with Crippen molar-refractivity contribution >= 4 is 12.0 Å². The van der Waals surface area contributed by atoms with Crippen LogP contribution in [0.25, 0.3) is 0 Å². The normalized spacial score (nSPS) is 18.3. The van der Waals surface area contributed by atoms with Crippen molar-refractivity contribution < 1.29 is 19.1 Å². The summed E-state index contributed by atoms with van der Waals surface area (Å²) in [5.74, 6) is 0.563. The molecule has 0 radical (unpaired) electrons. The topological polar surface area (TPSA) is 55.8 Å². The highest BCUT2D eigenvalue weighted by atomic mass is 16.6. The van der Waals surface area contributed by atoms with Crippen LogP contribution in [0.5, 0.6) is 5.75 Å². The zero-order valence-corrected chi connectivity index (χ0v) is 12.0. The van der Waals surface area contributed by atoms with Crippen molar-refractivity contribution in [3.63, 3.8) is 0 Å². The number of rotatable bonds is 4. The molecule has 0 saturated carbocycles. The van der Waals surface area contributed by atoms with Gasteiger partial charge >= 0.3 is 6.09 Å². The van der Waals surface area contributed by atoms with Crippen LogP contribution in [-0.2, 0) is 16.0 Å². The first-order valence-corrected chi connectivity index (χ1v) is 6.65. The number of hydrogen-bond donors (Lipinski definition) is 0. The molecule has 1 aliphatic rings. The van der Waals surface area contributed by atoms with Gasteiger partial charge in [-0.05, 0) is 12.0 Å². The summed E-state index contributed by atoms with van der Waals surface area (Å²) in [7, 11) is 1.56. The van der Waals surface area contributed by atoms with E-state index in [2.05, 4.69) is 0 Å². The number of carbonyl (C=O) groups excluding carboxylic acids is 2. The van der Waals surface area contributed by atoms with E-state index in [0.717, 1.165) is 5.56 Å². The van der Waals surface area contributed by atoms with Gasteiger partial charge in [-0.25, -0.2) is 9.69 Å². The molecule has 20 heavy (non-hydrogen) atoms. The van der Waals surface area contributed by atoms with Gasteiger partial charge in [-0.15, -0.1) is 0 Å². The van der Waals surface area contributed by atoms with Crippen molar-refractivity contribution in [1.82, 2.24) is 4.90 Å². The van der Waals surface area contributed by atoms with E-state index in [0.29, 0.717) is 5.75 Å². The van der Waals surface area contributed by atoms with E-state index in [9.17, 15) is 9.59 Å². The van der Waals surface area contributed by atoms with Gasteiger partial charge in [0.25, 0.3) is 0 Å². The molecule has 5 nitrogen and oxygen atoms in total. The number of imide groups is 1. The number of ether oxygens (including phenoxy) is 2. The van der Waals surface area contributed by atoms with Gasteiger partial charge in [0.1, 0.15) is 12.4 Å². The smallest absolute Gasteiger partial charge is 0.416 e.